The van der Waals surface area contributed by atoms with Gasteiger partial charge < -0.3 is 5.11 Å². The summed E-state index contributed by atoms with van der Waals surface area (Å²) < 4.78 is 0. The predicted octanol–water partition coefficient (Wildman–Crippen LogP) is 2.87. The summed E-state index contributed by atoms with van der Waals surface area (Å²) in [4.78, 5) is 4.97. The van der Waals surface area contributed by atoms with Crippen molar-refractivity contribution in [3.8, 4) is 5.75 Å². The van der Waals surface area contributed by atoms with E-state index in [-0.39, 0.29) is 0 Å². The van der Waals surface area contributed by atoms with Crippen molar-refractivity contribution < 1.29 is 5.11 Å². The molecule has 0 saturated carbocycles. The molecule has 1 aliphatic rings. The van der Waals surface area contributed by atoms with Gasteiger partial charge in [0.1, 0.15) is 5.75 Å². The number of hydrogen-bond donors (Lipinski definition) is 1. The second-order valence-corrected chi connectivity index (χ2v) is 5.64. The monoisotopic (exact) mass is 262 g/mol. The van der Waals surface area contributed by atoms with Crippen molar-refractivity contribution in [1.29, 1.82) is 0 Å². The van der Waals surface area contributed by atoms with Crippen LogP contribution in [0.5, 0.6) is 5.75 Å². The first-order valence-electron chi connectivity index (χ1n) is 7.35. The molecule has 3 heteroatoms. The lowest BCUT2D eigenvalue weighted by atomic mass is 10.1. The Morgan fingerprint density at radius 1 is 1.47 bits per heavy atom. The average Bonchev–Trinajstić information content (AvgIpc) is 2.85. The molecule has 0 spiro atoms. The second kappa shape index (κ2) is 6.40. The molecule has 1 aromatic rings. The molecular weight excluding hydrogens is 236 g/mol. The molecule has 19 heavy (non-hydrogen) atoms. The van der Waals surface area contributed by atoms with Crippen LogP contribution in [-0.2, 0) is 0 Å². The summed E-state index contributed by atoms with van der Waals surface area (Å²) in [6.45, 7) is 7.95. The smallest absolute Gasteiger partial charge is 0.115 e. The van der Waals surface area contributed by atoms with Crippen LogP contribution in [0.25, 0.3) is 0 Å². The Balaban J connectivity index is 1.97. The van der Waals surface area contributed by atoms with Crippen LogP contribution < -0.4 is 0 Å². The molecule has 1 N–H and O–H groups in total. The lowest BCUT2D eigenvalue weighted by molar-refractivity contribution is 0.170. The third-order valence-electron chi connectivity index (χ3n) is 4.42. The summed E-state index contributed by atoms with van der Waals surface area (Å²) in [6.07, 6.45) is 2.64. The topological polar surface area (TPSA) is 26.7 Å². The molecule has 1 aliphatic heterocycles. The van der Waals surface area contributed by atoms with Crippen LogP contribution in [0, 0.1) is 0 Å². The number of aromatic hydroxyl groups is 1. The molecule has 2 rings (SSSR count). The van der Waals surface area contributed by atoms with E-state index in [1.165, 1.54) is 24.9 Å². The maximum absolute atomic E-state index is 9.58. The van der Waals surface area contributed by atoms with Crippen molar-refractivity contribution >= 4 is 0 Å². The van der Waals surface area contributed by atoms with E-state index >= 15 is 0 Å². The van der Waals surface area contributed by atoms with Gasteiger partial charge in [0, 0.05) is 18.6 Å². The van der Waals surface area contributed by atoms with Crippen LogP contribution in [0.15, 0.2) is 24.3 Å². The third kappa shape index (κ3) is 3.48. The first-order chi connectivity index (χ1) is 9.11. The van der Waals surface area contributed by atoms with E-state index in [9.17, 15) is 5.11 Å². The Morgan fingerprint density at radius 3 is 2.95 bits per heavy atom. The van der Waals surface area contributed by atoms with Gasteiger partial charge in [-0.2, -0.15) is 0 Å². The Hall–Kier alpha value is -1.06. The highest BCUT2D eigenvalue weighted by Crippen LogP contribution is 2.25. The summed E-state index contributed by atoms with van der Waals surface area (Å²) in [6, 6.07) is 8.64. The van der Waals surface area contributed by atoms with Gasteiger partial charge in [0.15, 0.2) is 0 Å². The molecule has 1 saturated heterocycles. The summed E-state index contributed by atoms with van der Waals surface area (Å²) in [5.74, 6) is 0.355. The standard InChI is InChI=1S/C16H26N2O/c1-4-18-10-6-8-15(18)12-17(3)13(2)14-7-5-9-16(19)11-14/h5,7,9,11,13,15,19H,4,6,8,10,12H2,1-3H3. The summed E-state index contributed by atoms with van der Waals surface area (Å²) in [7, 11) is 2.18. The van der Waals surface area contributed by atoms with E-state index in [0.29, 0.717) is 17.8 Å². The Kier molecular flexibility index (Phi) is 4.83. The highest BCUT2D eigenvalue weighted by molar-refractivity contribution is 5.29. The van der Waals surface area contributed by atoms with Gasteiger partial charge in [-0.15, -0.1) is 0 Å². The Bertz CT molecular complexity index is 407. The first-order valence-corrected chi connectivity index (χ1v) is 7.35. The van der Waals surface area contributed by atoms with E-state index in [1.54, 1.807) is 6.07 Å². The van der Waals surface area contributed by atoms with Gasteiger partial charge in [-0.25, -0.2) is 0 Å². The fourth-order valence-electron chi connectivity index (χ4n) is 3.05. The number of phenols is 1. The number of benzene rings is 1. The molecule has 1 heterocycles. The molecule has 106 valence electrons. The molecule has 3 nitrogen and oxygen atoms in total. The van der Waals surface area contributed by atoms with Gasteiger partial charge in [0.25, 0.3) is 0 Å². The number of hydrogen-bond acceptors (Lipinski definition) is 3. The van der Waals surface area contributed by atoms with Crippen LogP contribution in [0.1, 0.15) is 38.3 Å². The molecule has 0 bridgehead atoms. The Labute approximate surface area is 116 Å². The van der Waals surface area contributed by atoms with Gasteiger partial charge in [-0.3, -0.25) is 9.80 Å². The quantitative estimate of drug-likeness (QED) is 0.884. The molecule has 2 atom stereocenters. The van der Waals surface area contributed by atoms with Crippen molar-refractivity contribution in [3.05, 3.63) is 29.8 Å². The van der Waals surface area contributed by atoms with Crippen LogP contribution in [0.3, 0.4) is 0 Å². The van der Waals surface area contributed by atoms with Gasteiger partial charge in [0.2, 0.25) is 0 Å². The van der Waals surface area contributed by atoms with Crippen LogP contribution in [0.4, 0.5) is 0 Å². The molecule has 1 aromatic carbocycles. The third-order valence-corrected chi connectivity index (χ3v) is 4.42. The van der Waals surface area contributed by atoms with Gasteiger partial charge >= 0.3 is 0 Å². The molecule has 1 fully saturated rings. The van der Waals surface area contributed by atoms with E-state index in [2.05, 4.69) is 36.8 Å². The maximum Gasteiger partial charge on any atom is 0.115 e. The number of likely N-dealkylation sites (N-methyl/N-ethyl adjacent to an activating group) is 2. The molecule has 0 radical (unpaired) electrons. The Morgan fingerprint density at radius 2 is 2.26 bits per heavy atom. The van der Waals surface area contributed by atoms with Crippen molar-refractivity contribution in [3.63, 3.8) is 0 Å². The number of nitrogens with zero attached hydrogens (tertiary/aromatic N) is 2. The van der Waals surface area contributed by atoms with E-state index in [1.807, 2.05) is 12.1 Å². The zero-order valence-electron chi connectivity index (χ0n) is 12.3. The maximum atomic E-state index is 9.58. The van der Waals surface area contributed by atoms with Crippen molar-refractivity contribution in [2.45, 2.75) is 38.8 Å². The average molecular weight is 262 g/mol. The van der Waals surface area contributed by atoms with E-state index in [0.717, 1.165) is 13.1 Å². The number of phenolic OH excluding ortho intramolecular Hbond substituents is 1. The van der Waals surface area contributed by atoms with Crippen LogP contribution >= 0.6 is 0 Å². The largest absolute Gasteiger partial charge is 0.508 e. The zero-order chi connectivity index (χ0) is 13.8. The molecular formula is C16H26N2O. The molecule has 0 amide bonds. The zero-order valence-corrected chi connectivity index (χ0v) is 12.3. The lowest BCUT2D eigenvalue weighted by Gasteiger charge is -2.31. The number of rotatable bonds is 5. The fourth-order valence-corrected chi connectivity index (χ4v) is 3.05. The fraction of sp³-hybridized carbons (Fsp3) is 0.625. The summed E-state index contributed by atoms with van der Waals surface area (Å²) in [5.41, 5.74) is 1.18. The molecule has 2 unspecified atom stereocenters. The summed E-state index contributed by atoms with van der Waals surface area (Å²) in [5, 5.41) is 9.58. The van der Waals surface area contributed by atoms with E-state index in [4.69, 9.17) is 0 Å². The molecule has 0 aliphatic carbocycles. The van der Waals surface area contributed by atoms with Crippen molar-refractivity contribution in [2.75, 3.05) is 26.7 Å². The second-order valence-electron chi connectivity index (χ2n) is 5.64. The minimum atomic E-state index is 0.339. The van der Waals surface area contributed by atoms with Gasteiger partial charge in [0.05, 0.1) is 0 Å². The number of likely N-dealkylation sites (tertiary alicyclic amines) is 1. The summed E-state index contributed by atoms with van der Waals surface area (Å²) >= 11 is 0. The highest BCUT2D eigenvalue weighted by Gasteiger charge is 2.25. The highest BCUT2D eigenvalue weighted by atomic mass is 16.3. The minimum Gasteiger partial charge on any atom is -0.508 e. The van der Waals surface area contributed by atoms with Gasteiger partial charge in [-0.05, 0) is 57.6 Å². The lowest BCUT2D eigenvalue weighted by Crippen LogP contribution is -2.39. The SMILES string of the molecule is CCN1CCCC1CN(C)C(C)c1cccc(O)c1. The van der Waals surface area contributed by atoms with Crippen molar-refractivity contribution in [1.82, 2.24) is 9.80 Å². The van der Waals surface area contributed by atoms with Gasteiger partial charge in [-0.1, -0.05) is 19.1 Å². The van der Waals surface area contributed by atoms with E-state index < -0.39 is 0 Å². The normalized spacial score (nSPS) is 22.0. The first kappa shape index (κ1) is 14.4. The van der Waals surface area contributed by atoms with Crippen LogP contribution in [-0.4, -0.2) is 47.6 Å². The minimum absolute atomic E-state index is 0.339. The predicted molar refractivity (Wildman–Crippen MR) is 79.4 cm³/mol. The van der Waals surface area contributed by atoms with Crippen molar-refractivity contribution in [2.24, 2.45) is 0 Å². The molecule has 0 aromatic heterocycles. The van der Waals surface area contributed by atoms with Crippen LogP contribution in [0.2, 0.25) is 0 Å².